The molecule has 25 heavy (non-hydrogen) atoms. The van der Waals surface area contributed by atoms with Crippen LogP contribution in [0.1, 0.15) is 16.8 Å². The van der Waals surface area contributed by atoms with Gasteiger partial charge in [0.25, 0.3) is 0 Å². The third-order valence-electron chi connectivity index (χ3n) is 4.31. The molecule has 0 fully saturated rings. The van der Waals surface area contributed by atoms with Crippen LogP contribution >= 0.6 is 11.6 Å². The summed E-state index contributed by atoms with van der Waals surface area (Å²) >= 11 is 5.88. The molecule has 0 radical (unpaired) electrons. The van der Waals surface area contributed by atoms with E-state index in [-0.39, 0.29) is 5.91 Å². The SMILES string of the molecule is COc1ccc2[nH]c(C)c(CC(=O)NCCc3ccc(Cl)cc3)c2c1. The summed E-state index contributed by atoms with van der Waals surface area (Å²) in [7, 11) is 1.64. The van der Waals surface area contributed by atoms with Crippen LogP contribution in [0.5, 0.6) is 5.75 Å². The van der Waals surface area contributed by atoms with Gasteiger partial charge < -0.3 is 15.0 Å². The van der Waals surface area contributed by atoms with E-state index in [0.29, 0.717) is 13.0 Å². The average molecular weight is 357 g/mol. The Hall–Kier alpha value is -2.46. The Bertz CT molecular complexity index is 885. The molecule has 1 aromatic heterocycles. The van der Waals surface area contributed by atoms with E-state index in [2.05, 4.69) is 10.3 Å². The van der Waals surface area contributed by atoms with E-state index in [1.807, 2.05) is 49.4 Å². The Labute approximate surface area is 152 Å². The monoisotopic (exact) mass is 356 g/mol. The van der Waals surface area contributed by atoms with Gasteiger partial charge in [-0.2, -0.15) is 0 Å². The zero-order valence-electron chi connectivity index (χ0n) is 14.4. The number of aromatic nitrogens is 1. The van der Waals surface area contributed by atoms with Gasteiger partial charge in [0, 0.05) is 28.2 Å². The maximum atomic E-state index is 12.3. The van der Waals surface area contributed by atoms with Gasteiger partial charge in [-0.1, -0.05) is 23.7 Å². The maximum absolute atomic E-state index is 12.3. The summed E-state index contributed by atoms with van der Waals surface area (Å²) in [6.45, 7) is 2.59. The predicted molar refractivity (Wildman–Crippen MR) is 101 cm³/mol. The average Bonchev–Trinajstić information content (AvgIpc) is 2.91. The number of aryl methyl sites for hydroxylation is 1. The number of aromatic amines is 1. The number of halogens is 1. The first-order chi connectivity index (χ1) is 12.1. The molecule has 0 aliphatic rings. The molecule has 0 saturated heterocycles. The van der Waals surface area contributed by atoms with E-state index >= 15 is 0 Å². The van der Waals surface area contributed by atoms with Crippen molar-refractivity contribution in [3.63, 3.8) is 0 Å². The van der Waals surface area contributed by atoms with Gasteiger partial charge in [0.05, 0.1) is 13.5 Å². The molecule has 0 bridgehead atoms. The van der Waals surface area contributed by atoms with E-state index in [0.717, 1.165) is 44.9 Å². The summed E-state index contributed by atoms with van der Waals surface area (Å²) in [5.41, 5.74) is 4.19. The van der Waals surface area contributed by atoms with Gasteiger partial charge in [-0.15, -0.1) is 0 Å². The molecule has 1 heterocycles. The van der Waals surface area contributed by atoms with E-state index in [1.54, 1.807) is 7.11 Å². The maximum Gasteiger partial charge on any atom is 0.224 e. The van der Waals surface area contributed by atoms with Crippen molar-refractivity contribution in [2.45, 2.75) is 19.8 Å². The number of nitrogens with one attached hydrogen (secondary N) is 2. The molecule has 2 N–H and O–H groups in total. The number of hydrogen-bond donors (Lipinski definition) is 2. The lowest BCUT2D eigenvalue weighted by molar-refractivity contribution is -0.120. The van der Waals surface area contributed by atoms with E-state index in [9.17, 15) is 4.79 Å². The summed E-state index contributed by atoms with van der Waals surface area (Å²) in [6.07, 6.45) is 1.13. The normalized spacial score (nSPS) is 10.8. The van der Waals surface area contributed by atoms with Crippen LogP contribution < -0.4 is 10.1 Å². The molecule has 5 heteroatoms. The van der Waals surface area contributed by atoms with Crippen molar-refractivity contribution in [1.82, 2.24) is 10.3 Å². The standard InChI is InChI=1S/C20H21ClN2O2/c1-13-17(18-11-16(25-2)7-8-19(18)23-13)12-20(24)22-10-9-14-3-5-15(21)6-4-14/h3-8,11,23H,9-10,12H2,1-2H3,(H,22,24). The minimum atomic E-state index is 0.0146. The number of methoxy groups -OCH3 is 1. The fraction of sp³-hybridized carbons (Fsp3) is 0.250. The summed E-state index contributed by atoms with van der Waals surface area (Å²) in [5.74, 6) is 0.802. The molecular weight excluding hydrogens is 336 g/mol. The number of benzene rings is 2. The first-order valence-corrected chi connectivity index (χ1v) is 8.61. The molecule has 0 unspecified atom stereocenters. The Balaban J connectivity index is 1.63. The Kier molecular flexibility index (Phi) is 5.29. The molecule has 0 aliphatic heterocycles. The van der Waals surface area contributed by atoms with Crippen molar-refractivity contribution in [2.75, 3.05) is 13.7 Å². The lowest BCUT2D eigenvalue weighted by Gasteiger charge is -2.07. The number of fused-ring (bicyclic) bond motifs is 1. The highest BCUT2D eigenvalue weighted by atomic mass is 35.5. The number of carbonyl (C=O) groups is 1. The molecule has 0 spiro atoms. The van der Waals surface area contributed by atoms with E-state index < -0.39 is 0 Å². The van der Waals surface area contributed by atoms with Crippen molar-refractivity contribution in [2.24, 2.45) is 0 Å². The zero-order chi connectivity index (χ0) is 17.8. The van der Waals surface area contributed by atoms with E-state index in [1.165, 1.54) is 0 Å². The van der Waals surface area contributed by atoms with Crippen molar-refractivity contribution >= 4 is 28.4 Å². The van der Waals surface area contributed by atoms with E-state index in [4.69, 9.17) is 16.3 Å². The number of hydrogen-bond acceptors (Lipinski definition) is 2. The number of amides is 1. The molecule has 2 aromatic carbocycles. The Morgan fingerprint density at radius 3 is 2.68 bits per heavy atom. The Morgan fingerprint density at radius 1 is 1.20 bits per heavy atom. The minimum absolute atomic E-state index is 0.0146. The fourth-order valence-electron chi connectivity index (χ4n) is 2.94. The molecular formula is C20H21ClN2O2. The third-order valence-corrected chi connectivity index (χ3v) is 4.57. The number of H-pyrrole nitrogens is 1. The first kappa shape index (κ1) is 17.4. The topological polar surface area (TPSA) is 54.1 Å². The lowest BCUT2D eigenvalue weighted by Crippen LogP contribution is -2.27. The second-order valence-corrected chi connectivity index (χ2v) is 6.48. The quantitative estimate of drug-likeness (QED) is 0.700. The van der Waals surface area contributed by atoms with Gasteiger partial charge in [0.15, 0.2) is 0 Å². The van der Waals surface area contributed by atoms with Crippen LogP contribution in [0.15, 0.2) is 42.5 Å². The molecule has 4 nitrogen and oxygen atoms in total. The largest absolute Gasteiger partial charge is 0.497 e. The lowest BCUT2D eigenvalue weighted by atomic mass is 10.1. The van der Waals surface area contributed by atoms with Gasteiger partial charge >= 0.3 is 0 Å². The molecule has 3 rings (SSSR count). The van der Waals surface area contributed by atoms with Crippen molar-refractivity contribution in [3.05, 3.63) is 64.3 Å². The fourth-order valence-corrected chi connectivity index (χ4v) is 3.06. The Morgan fingerprint density at radius 2 is 1.96 bits per heavy atom. The summed E-state index contributed by atoms with van der Waals surface area (Å²) in [4.78, 5) is 15.7. The molecule has 1 amide bonds. The van der Waals surface area contributed by atoms with Crippen molar-refractivity contribution in [1.29, 1.82) is 0 Å². The van der Waals surface area contributed by atoms with Gasteiger partial charge in [-0.05, 0) is 54.8 Å². The number of rotatable bonds is 6. The highest BCUT2D eigenvalue weighted by Gasteiger charge is 2.13. The van der Waals surface area contributed by atoms with Crippen LogP contribution in [0.4, 0.5) is 0 Å². The molecule has 0 aliphatic carbocycles. The summed E-state index contributed by atoms with van der Waals surface area (Å²) in [5, 5.41) is 4.74. The van der Waals surface area contributed by atoms with Crippen LogP contribution in [-0.4, -0.2) is 24.5 Å². The second-order valence-electron chi connectivity index (χ2n) is 6.04. The second kappa shape index (κ2) is 7.62. The molecule has 130 valence electrons. The van der Waals surface area contributed by atoms with Crippen LogP contribution in [0.3, 0.4) is 0 Å². The van der Waals surface area contributed by atoms with Gasteiger partial charge in [0.2, 0.25) is 5.91 Å². The van der Waals surface area contributed by atoms with Gasteiger partial charge in [-0.3, -0.25) is 4.79 Å². The predicted octanol–water partition coefficient (Wildman–Crippen LogP) is 4.04. The zero-order valence-corrected chi connectivity index (χ0v) is 15.1. The highest BCUT2D eigenvalue weighted by Crippen LogP contribution is 2.26. The van der Waals surface area contributed by atoms with Gasteiger partial charge in [0.1, 0.15) is 5.75 Å². The third kappa shape index (κ3) is 4.15. The molecule has 3 aromatic rings. The first-order valence-electron chi connectivity index (χ1n) is 8.23. The van der Waals surface area contributed by atoms with Crippen LogP contribution in [-0.2, 0) is 17.6 Å². The van der Waals surface area contributed by atoms with Crippen molar-refractivity contribution in [3.8, 4) is 5.75 Å². The van der Waals surface area contributed by atoms with Crippen LogP contribution in [0.25, 0.3) is 10.9 Å². The highest BCUT2D eigenvalue weighted by molar-refractivity contribution is 6.30. The minimum Gasteiger partial charge on any atom is -0.497 e. The smallest absolute Gasteiger partial charge is 0.224 e. The number of ether oxygens (including phenoxy) is 1. The summed E-state index contributed by atoms with van der Waals surface area (Å²) in [6, 6.07) is 13.5. The molecule has 0 saturated carbocycles. The van der Waals surface area contributed by atoms with Crippen LogP contribution in [0.2, 0.25) is 5.02 Å². The number of carbonyl (C=O) groups excluding carboxylic acids is 1. The van der Waals surface area contributed by atoms with Crippen LogP contribution in [0, 0.1) is 6.92 Å². The molecule has 0 atom stereocenters. The summed E-state index contributed by atoms with van der Waals surface area (Å²) < 4.78 is 5.29. The van der Waals surface area contributed by atoms with Crippen molar-refractivity contribution < 1.29 is 9.53 Å². The van der Waals surface area contributed by atoms with Gasteiger partial charge in [-0.25, -0.2) is 0 Å².